The second-order valence-electron chi connectivity index (χ2n) is 6.44. The minimum absolute atomic E-state index is 0.249. The molecular formula is C21H26N2O5S. The zero-order chi connectivity index (χ0) is 21.3. The number of carbonyl (C=O) groups excluding carboxylic acids is 1. The van der Waals surface area contributed by atoms with Crippen molar-refractivity contribution in [1.82, 2.24) is 0 Å². The molecule has 0 spiro atoms. The minimum atomic E-state index is -3.59. The summed E-state index contributed by atoms with van der Waals surface area (Å²) in [7, 11) is -2.01. The van der Waals surface area contributed by atoms with E-state index >= 15 is 0 Å². The van der Waals surface area contributed by atoms with Crippen LogP contribution in [0.3, 0.4) is 0 Å². The van der Waals surface area contributed by atoms with Crippen molar-refractivity contribution in [2.45, 2.75) is 25.5 Å². The van der Waals surface area contributed by atoms with Crippen molar-refractivity contribution < 1.29 is 22.7 Å². The van der Waals surface area contributed by atoms with Crippen molar-refractivity contribution >= 4 is 27.7 Å². The Morgan fingerprint density at radius 3 is 2.48 bits per heavy atom. The Bertz CT molecular complexity index is 954. The van der Waals surface area contributed by atoms with Crippen LogP contribution < -0.4 is 19.9 Å². The van der Waals surface area contributed by atoms with E-state index in [1.54, 1.807) is 43.5 Å². The Kier molecular flexibility index (Phi) is 8.23. The SMILES string of the molecule is CCCCOc1ccc(/C=C/C(=O)Nc2ccc(CS(N)(=O)=O)cc2)cc1OC. The molecule has 156 valence electrons. The predicted molar refractivity (Wildman–Crippen MR) is 114 cm³/mol. The van der Waals surface area contributed by atoms with Crippen LogP contribution in [0.15, 0.2) is 48.5 Å². The van der Waals surface area contributed by atoms with Crippen LogP contribution in [0.25, 0.3) is 6.08 Å². The second kappa shape index (κ2) is 10.6. The Morgan fingerprint density at radius 1 is 1.14 bits per heavy atom. The molecule has 29 heavy (non-hydrogen) atoms. The number of nitrogens with one attached hydrogen (secondary N) is 1. The number of sulfonamides is 1. The third-order valence-electron chi connectivity index (χ3n) is 3.96. The summed E-state index contributed by atoms with van der Waals surface area (Å²) >= 11 is 0. The molecule has 0 saturated heterocycles. The number of unbranched alkanes of at least 4 members (excludes halogenated alkanes) is 1. The summed E-state index contributed by atoms with van der Waals surface area (Å²) in [5, 5.41) is 7.73. The zero-order valence-electron chi connectivity index (χ0n) is 16.6. The van der Waals surface area contributed by atoms with Gasteiger partial charge in [0.15, 0.2) is 11.5 Å². The number of hydrogen-bond donors (Lipinski definition) is 2. The lowest BCUT2D eigenvalue weighted by Gasteiger charge is -2.11. The maximum Gasteiger partial charge on any atom is 0.248 e. The van der Waals surface area contributed by atoms with Gasteiger partial charge in [-0.2, -0.15) is 0 Å². The van der Waals surface area contributed by atoms with Crippen molar-refractivity contribution in [2.24, 2.45) is 5.14 Å². The highest BCUT2D eigenvalue weighted by atomic mass is 32.2. The van der Waals surface area contributed by atoms with Crippen LogP contribution in [0.4, 0.5) is 5.69 Å². The first-order valence-corrected chi connectivity index (χ1v) is 10.9. The van der Waals surface area contributed by atoms with Crippen molar-refractivity contribution in [2.75, 3.05) is 19.0 Å². The minimum Gasteiger partial charge on any atom is -0.493 e. The molecule has 2 aromatic carbocycles. The van der Waals surface area contributed by atoms with E-state index in [1.165, 1.54) is 6.08 Å². The summed E-state index contributed by atoms with van der Waals surface area (Å²) in [5.74, 6) is 0.712. The van der Waals surface area contributed by atoms with E-state index in [9.17, 15) is 13.2 Å². The normalized spacial score (nSPS) is 11.4. The van der Waals surface area contributed by atoms with Crippen LogP contribution in [0, 0.1) is 0 Å². The van der Waals surface area contributed by atoms with E-state index in [0.29, 0.717) is 29.4 Å². The van der Waals surface area contributed by atoms with E-state index in [1.807, 2.05) is 12.1 Å². The maximum atomic E-state index is 12.1. The molecule has 0 unspecified atom stereocenters. The number of nitrogens with two attached hydrogens (primary N) is 1. The van der Waals surface area contributed by atoms with Gasteiger partial charge in [0.2, 0.25) is 15.9 Å². The van der Waals surface area contributed by atoms with Gasteiger partial charge in [-0.1, -0.05) is 31.5 Å². The van der Waals surface area contributed by atoms with Crippen LogP contribution in [-0.2, 0) is 20.6 Å². The number of primary sulfonamides is 1. The lowest BCUT2D eigenvalue weighted by molar-refractivity contribution is -0.111. The van der Waals surface area contributed by atoms with Crippen LogP contribution in [0.5, 0.6) is 11.5 Å². The molecule has 0 aliphatic heterocycles. The zero-order valence-corrected chi connectivity index (χ0v) is 17.4. The average molecular weight is 419 g/mol. The average Bonchev–Trinajstić information content (AvgIpc) is 2.67. The molecule has 0 aliphatic rings. The molecule has 0 atom stereocenters. The summed E-state index contributed by atoms with van der Waals surface area (Å²) < 4.78 is 33.2. The summed E-state index contributed by atoms with van der Waals surface area (Å²) in [5.41, 5.74) is 1.90. The predicted octanol–water partition coefficient (Wildman–Crippen LogP) is 3.31. The quantitative estimate of drug-likeness (QED) is 0.455. The molecule has 0 aromatic heterocycles. The Labute approximate surface area is 171 Å². The number of benzene rings is 2. The first-order valence-electron chi connectivity index (χ1n) is 9.20. The van der Waals surface area contributed by atoms with Crippen molar-refractivity contribution in [3.63, 3.8) is 0 Å². The molecular weight excluding hydrogens is 392 g/mol. The number of amides is 1. The third-order valence-corrected chi connectivity index (χ3v) is 4.70. The van der Waals surface area contributed by atoms with E-state index in [2.05, 4.69) is 12.2 Å². The van der Waals surface area contributed by atoms with Gasteiger partial charge in [0.25, 0.3) is 0 Å². The lowest BCUT2D eigenvalue weighted by atomic mass is 10.2. The molecule has 3 N–H and O–H groups in total. The largest absolute Gasteiger partial charge is 0.493 e. The molecule has 0 bridgehead atoms. The third kappa shape index (κ3) is 7.97. The maximum absolute atomic E-state index is 12.1. The van der Waals surface area contributed by atoms with Crippen LogP contribution in [-0.4, -0.2) is 28.0 Å². The summed E-state index contributed by atoms with van der Waals surface area (Å²) in [6.07, 6.45) is 5.09. The van der Waals surface area contributed by atoms with Gasteiger partial charge in [0, 0.05) is 11.8 Å². The van der Waals surface area contributed by atoms with Crippen molar-refractivity contribution in [3.8, 4) is 11.5 Å². The summed E-state index contributed by atoms with van der Waals surface area (Å²) in [4.78, 5) is 12.1. The smallest absolute Gasteiger partial charge is 0.248 e. The fraction of sp³-hybridized carbons (Fsp3) is 0.286. The number of anilines is 1. The standard InChI is InChI=1S/C21H26N2O5S/c1-3-4-13-28-19-11-7-16(14-20(19)27-2)8-12-21(24)23-18-9-5-17(6-10-18)15-29(22,25)26/h5-12,14H,3-4,13,15H2,1-2H3,(H,23,24)(H2,22,25,26)/b12-8+. The Morgan fingerprint density at radius 2 is 1.86 bits per heavy atom. The Balaban J connectivity index is 1.97. The van der Waals surface area contributed by atoms with Crippen molar-refractivity contribution in [1.29, 1.82) is 0 Å². The van der Waals surface area contributed by atoms with Gasteiger partial charge in [0.1, 0.15) is 0 Å². The second-order valence-corrected chi connectivity index (χ2v) is 8.05. The van der Waals surface area contributed by atoms with E-state index in [-0.39, 0.29) is 11.7 Å². The van der Waals surface area contributed by atoms with E-state index < -0.39 is 10.0 Å². The van der Waals surface area contributed by atoms with Crippen LogP contribution in [0.1, 0.15) is 30.9 Å². The summed E-state index contributed by atoms with van der Waals surface area (Å²) in [6.45, 7) is 2.72. The number of hydrogen-bond acceptors (Lipinski definition) is 5. The van der Waals surface area contributed by atoms with Gasteiger partial charge in [-0.25, -0.2) is 13.6 Å². The van der Waals surface area contributed by atoms with Gasteiger partial charge >= 0.3 is 0 Å². The fourth-order valence-electron chi connectivity index (χ4n) is 2.51. The summed E-state index contributed by atoms with van der Waals surface area (Å²) in [6, 6.07) is 11.9. The topological polar surface area (TPSA) is 108 Å². The molecule has 2 rings (SSSR count). The monoisotopic (exact) mass is 418 g/mol. The lowest BCUT2D eigenvalue weighted by Crippen LogP contribution is -2.14. The first-order chi connectivity index (χ1) is 13.8. The molecule has 0 saturated carbocycles. The van der Waals surface area contributed by atoms with Gasteiger partial charge in [-0.15, -0.1) is 0 Å². The molecule has 1 amide bonds. The highest BCUT2D eigenvalue weighted by molar-refractivity contribution is 7.88. The van der Waals surface area contributed by atoms with Gasteiger partial charge in [-0.05, 0) is 47.9 Å². The number of carbonyl (C=O) groups is 1. The highest BCUT2D eigenvalue weighted by Crippen LogP contribution is 2.28. The fourth-order valence-corrected chi connectivity index (χ4v) is 3.16. The van der Waals surface area contributed by atoms with Crippen LogP contribution >= 0.6 is 0 Å². The van der Waals surface area contributed by atoms with E-state index in [0.717, 1.165) is 18.4 Å². The molecule has 8 heteroatoms. The number of methoxy groups -OCH3 is 1. The number of rotatable bonds is 10. The highest BCUT2D eigenvalue weighted by Gasteiger charge is 2.06. The van der Waals surface area contributed by atoms with E-state index in [4.69, 9.17) is 14.6 Å². The van der Waals surface area contributed by atoms with Gasteiger partial charge < -0.3 is 14.8 Å². The molecule has 0 aliphatic carbocycles. The molecule has 0 fully saturated rings. The molecule has 0 heterocycles. The van der Waals surface area contributed by atoms with Gasteiger partial charge in [0.05, 0.1) is 19.5 Å². The molecule has 0 radical (unpaired) electrons. The van der Waals surface area contributed by atoms with Crippen LogP contribution in [0.2, 0.25) is 0 Å². The Hall–Kier alpha value is -2.84. The molecule has 2 aromatic rings. The number of ether oxygens (including phenoxy) is 2. The van der Waals surface area contributed by atoms with Gasteiger partial charge in [-0.3, -0.25) is 4.79 Å². The first kappa shape index (κ1) is 22.4. The van der Waals surface area contributed by atoms with Crippen molar-refractivity contribution in [3.05, 3.63) is 59.7 Å². The molecule has 7 nitrogen and oxygen atoms in total.